The van der Waals surface area contributed by atoms with Gasteiger partial charge >= 0.3 is 0 Å². The molecule has 0 spiro atoms. The van der Waals surface area contributed by atoms with E-state index in [0.717, 1.165) is 0 Å². The van der Waals surface area contributed by atoms with Crippen LogP contribution in [0, 0.1) is 18.3 Å². The lowest BCUT2D eigenvalue weighted by molar-refractivity contribution is 0.884. The van der Waals surface area contributed by atoms with Crippen LogP contribution < -0.4 is 5.73 Å². The topological polar surface area (TPSA) is 92.9 Å². The zero-order valence-electron chi connectivity index (χ0n) is 8.22. The molecule has 0 saturated heterocycles. The number of hydrogen-bond donors (Lipinski definition) is 1. The second-order valence-corrected chi connectivity index (χ2v) is 3.65. The first-order valence-electron chi connectivity index (χ1n) is 4.14. The van der Waals surface area contributed by atoms with Gasteiger partial charge in [0.2, 0.25) is 5.16 Å². The van der Waals surface area contributed by atoms with Gasteiger partial charge in [-0.3, -0.25) is 0 Å². The Morgan fingerprint density at radius 1 is 1.47 bits per heavy atom. The smallest absolute Gasteiger partial charge is 0.255 e. The molecule has 0 aliphatic rings. The van der Waals surface area contributed by atoms with Crippen molar-refractivity contribution in [2.75, 3.05) is 12.0 Å². The highest BCUT2D eigenvalue weighted by Crippen LogP contribution is 2.17. The first kappa shape index (κ1) is 9.73. The maximum absolute atomic E-state index is 8.89. The number of anilines is 1. The van der Waals surface area contributed by atoms with Crippen LogP contribution in [0.15, 0.2) is 5.16 Å². The van der Waals surface area contributed by atoms with Gasteiger partial charge in [0.05, 0.1) is 5.69 Å². The lowest BCUT2D eigenvalue weighted by Crippen LogP contribution is -2.06. The highest BCUT2D eigenvalue weighted by atomic mass is 32.2. The number of nitrogens with two attached hydrogens (primary N) is 1. The van der Waals surface area contributed by atoms with Gasteiger partial charge in [-0.2, -0.15) is 14.8 Å². The minimum Gasteiger partial charge on any atom is -0.382 e. The van der Waals surface area contributed by atoms with Gasteiger partial charge in [0, 0.05) is 0 Å². The van der Waals surface area contributed by atoms with Crippen molar-refractivity contribution in [1.82, 2.24) is 19.6 Å². The van der Waals surface area contributed by atoms with Gasteiger partial charge in [-0.15, -0.1) is 5.10 Å². The van der Waals surface area contributed by atoms with Crippen LogP contribution in [0.2, 0.25) is 0 Å². The molecule has 76 valence electrons. The molecule has 0 atom stereocenters. The molecule has 0 fully saturated rings. The lowest BCUT2D eigenvalue weighted by Gasteiger charge is -2.01. The second-order valence-electron chi connectivity index (χ2n) is 2.88. The molecule has 0 saturated carbocycles. The molecule has 2 aromatic heterocycles. The van der Waals surface area contributed by atoms with E-state index >= 15 is 0 Å². The molecule has 0 unspecified atom stereocenters. The van der Waals surface area contributed by atoms with Crippen molar-refractivity contribution in [2.24, 2.45) is 0 Å². The van der Waals surface area contributed by atoms with E-state index in [1.807, 2.05) is 12.3 Å². The number of nitrogens with zero attached hydrogens (tertiary/aromatic N) is 5. The second kappa shape index (κ2) is 3.40. The van der Waals surface area contributed by atoms with Crippen LogP contribution in [0.4, 0.5) is 5.82 Å². The number of nitrogen functional groups attached to an aromatic ring is 1. The van der Waals surface area contributed by atoms with Gasteiger partial charge in [0.25, 0.3) is 5.78 Å². The number of rotatable bonds is 1. The molecule has 6 nitrogen and oxygen atoms in total. The van der Waals surface area contributed by atoms with Crippen molar-refractivity contribution in [3.8, 4) is 6.07 Å². The van der Waals surface area contributed by atoms with Crippen LogP contribution in [0.3, 0.4) is 0 Å². The van der Waals surface area contributed by atoms with Crippen molar-refractivity contribution in [3.05, 3.63) is 11.3 Å². The summed E-state index contributed by atoms with van der Waals surface area (Å²) in [5, 5.41) is 13.6. The fourth-order valence-corrected chi connectivity index (χ4v) is 1.58. The normalized spacial score (nSPS) is 10.5. The number of aryl methyl sites for hydroxylation is 1. The van der Waals surface area contributed by atoms with E-state index < -0.39 is 0 Å². The Bertz CT molecular complexity index is 566. The summed E-state index contributed by atoms with van der Waals surface area (Å²) in [4.78, 5) is 8.29. The number of nitriles is 1. The molecular formula is C8H8N6S. The predicted octanol–water partition coefficient (Wildman–Crippen LogP) is 0.608. The summed E-state index contributed by atoms with van der Waals surface area (Å²) in [6, 6.07) is 2.00. The minimum atomic E-state index is 0.285. The first-order valence-corrected chi connectivity index (χ1v) is 5.36. The third kappa shape index (κ3) is 1.39. The SMILES string of the molecule is CSc1nc2nc(C)c(C#N)c(N)n2n1. The van der Waals surface area contributed by atoms with Gasteiger partial charge in [-0.25, -0.2) is 4.98 Å². The number of hydrogen-bond acceptors (Lipinski definition) is 6. The molecule has 2 aromatic rings. The van der Waals surface area contributed by atoms with Crippen molar-refractivity contribution >= 4 is 23.4 Å². The van der Waals surface area contributed by atoms with Crippen LogP contribution in [-0.4, -0.2) is 25.8 Å². The van der Waals surface area contributed by atoms with E-state index in [2.05, 4.69) is 15.1 Å². The molecule has 0 amide bonds. The molecular weight excluding hydrogens is 212 g/mol. The van der Waals surface area contributed by atoms with E-state index in [-0.39, 0.29) is 5.82 Å². The minimum absolute atomic E-state index is 0.285. The van der Waals surface area contributed by atoms with E-state index in [1.165, 1.54) is 16.3 Å². The van der Waals surface area contributed by atoms with Crippen LogP contribution in [-0.2, 0) is 0 Å². The zero-order valence-corrected chi connectivity index (χ0v) is 9.04. The molecule has 0 aliphatic carbocycles. The molecule has 2 rings (SSSR count). The van der Waals surface area contributed by atoms with Crippen LogP contribution in [0.25, 0.3) is 5.78 Å². The molecule has 0 aliphatic heterocycles. The Hall–Kier alpha value is -1.81. The molecule has 0 bridgehead atoms. The Balaban J connectivity index is 2.83. The Morgan fingerprint density at radius 2 is 2.20 bits per heavy atom. The monoisotopic (exact) mass is 220 g/mol. The Kier molecular flexibility index (Phi) is 2.21. The van der Waals surface area contributed by atoms with Crippen molar-refractivity contribution < 1.29 is 0 Å². The van der Waals surface area contributed by atoms with E-state index in [0.29, 0.717) is 22.2 Å². The van der Waals surface area contributed by atoms with Gasteiger partial charge < -0.3 is 5.73 Å². The van der Waals surface area contributed by atoms with Gasteiger partial charge in [-0.1, -0.05) is 11.8 Å². The summed E-state index contributed by atoms with van der Waals surface area (Å²) in [6.45, 7) is 1.72. The maximum atomic E-state index is 8.89. The van der Waals surface area contributed by atoms with Gasteiger partial charge in [0.15, 0.2) is 0 Å². The number of fused-ring (bicyclic) bond motifs is 1. The van der Waals surface area contributed by atoms with Gasteiger partial charge in [-0.05, 0) is 13.2 Å². The van der Waals surface area contributed by atoms with Crippen molar-refractivity contribution in [1.29, 1.82) is 5.26 Å². The third-order valence-electron chi connectivity index (χ3n) is 1.98. The maximum Gasteiger partial charge on any atom is 0.255 e. The summed E-state index contributed by atoms with van der Waals surface area (Å²) in [5.74, 6) is 0.709. The fourth-order valence-electron chi connectivity index (χ4n) is 1.24. The predicted molar refractivity (Wildman–Crippen MR) is 56.4 cm³/mol. The summed E-state index contributed by atoms with van der Waals surface area (Å²) in [7, 11) is 0. The summed E-state index contributed by atoms with van der Waals surface area (Å²) >= 11 is 1.40. The van der Waals surface area contributed by atoms with Crippen LogP contribution in [0.5, 0.6) is 0 Å². The van der Waals surface area contributed by atoms with E-state index in [9.17, 15) is 0 Å². The lowest BCUT2D eigenvalue weighted by atomic mass is 10.2. The quantitative estimate of drug-likeness (QED) is 0.708. The van der Waals surface area contributed by atoms with Crippen LogP contribution >= 0.6 is 11.8 Å². The highest BCUT2D eigenvalue weighted by Gasteiger charge is 2.12. The largest absolute Gasteiger partial charge is 0.382 e. The van der Waals surface area contributed by atoms with Gasteiger partial charge in [0.1, 0.15) is 17.5 Å². The van der Waals surface area contributed by atoms with E-state index in [4.69, 9.17) is 11.0 Å². The average Bonchev–Trinajstić information content (AvgIpc) is 2.61. The molecule has 2 N–H and O–H groups in total. The first-order chi connectivity index (χ1) is 7.17. The zero-order chi connectivity index (χ0) is 11.0. The number of thioether (sulfide) groups is 1. The third-order valence-corrected chi connectivity index (χ3v) is 2.52. The molecule has 2 heterocycles. The van der Waals surface area contributed by atoms with Crippen LogP contribution in [0.1, 0.15) is 11.3 Å². The molecule has 7 heteroatoms. The average molecular weight is 220 g/mol. The molecule has 0 aromatic carbocycles. The van der Waals surface area contributed by atoms with Crippen molar-refractivity contribution in [2.45, 2.75) is 12.1 Å². The standard InChI is InChI=1S/C8H8N6S/c1-4-5(3-9)6(10)14-7(11-4)12-8(13-14)15-2/h10H2,1-2H3. The summed E-state index contributed by atoms with van der Waals surface area (Å²) in [5.41, 5.74) is 6.71. The molecule has 0 radical (unpaired) electrons. The fraction of sp³-hybridized carbons (Fsp3) is 0.250. The Morgan fingerprint density at radius 3 is 2.80 bits per heavy atom. The Labute approximate surface area is 90.1 Å². The highest BCUT2D eigenvalue weighted by molar-refractivity contribution is 7.98. The molecule has 15 heavy (non-hydrogen) atoms. The summed E-state index contributed by atoms with van der Waals surface area (Å²) in [6.07, 6.45) is 1.86. The summed E-state index contributed by atoms with van der Waals surface area (Å²) < 4.78 is 1.39. The van der Waals surface area contributed by atoms with E-state index in [1.54, 1.807) is 6.92 Å². The van der Waals surface area contributed by atoms with Crippen molar-refractivity contribution in [3.63, 3.8) is 0 Å². The number of aromatic nitrogens is 4.